The van der Waals surface area contributed by atoms with Crippen molar-refractivity contribution < 1.29 is 68.4 Å². The van der Waals surface area contributed by atoms with Gasteiger partial charge in [0.05, 0.1) is 107 Å². The van der Waals surface area contributed by atoms with Gasteiger partial charge in [0.25, 0.3) is 30.1 Å². The fourth-order valence-electron chi connectivity index (χ4n) is 10.6. The molecule has 96 heavy (non-hydrogen) atoms. The number of nitrogens with one attached hydrogen (secondary N) is 2. The lowest BCUT2D eigenvalue weighted by atomic mass is 9.95. The predicted molar refractivity (Wildman–Crippen MR) is 368 cm³/mol. The van der Waals surface area contributed by atoms with Crippen LogP contribution in [0.1, 0.15) is 45.7 Å². The summed E-state index contributed by atoms with van der Waals surface area (Å²) in [5.74, 6) is 1.08. The molecule has 10 aromatic rings. The molecule has 498 valence electrons. The topological polar surface area (TPSA) is 288 Å². The van der Waals surface area contributed by atoms with Crippen LogP contribution < -0.4 is 47.4 Å². The number of fused-ring (bicyclic) bond motifs is 3. The average Bonchev–Trinajstić information content (AvgIpc) is 1.89. The highest BCUT2D eigenvalue weighted by atomic mass is 32.2. The van der Waals surface area contributed by atoms with Gasteiger partial charge in [-0.05, 0) is 98.3 Å². The van der Waals surface area contributed by atoms with Crippen LogP contribution in [-0.4, -0.2) is 118 Å². The number of ether oxygens (including phenoxy) is 6. The van der Waals surface area contributed by atoms with Crippen molar-refractivity contribution in [2.75, 3.05) is 89.2 Å². The highest BCUT2D eigenvalue weighted by Crippen LogP contribution is 2.44. The Kier molecular flexibility index (Phi) is 20.4. The number of carbonyl (C=O) groups excluding carboxylic acids is 2. The Morgan fingerprint density at radius 3 is 1.38 bits per heavy atom. The van der Waals surface area contributed by atoms with Crippen molar-refractivity contribution >= 4 is 126 Å². The molecule has 3 N–H and O–H groups in total. The van der Waals surface area contributed by atoms with Crippen LogP contribution in [0.5, 0.6) is 23.0 Å². The number of aliphatic hydroxyl groups is 1. The molecule has 13 rings (SSSR count). The number of aromatic nitrogens is 3. The Balaban J connectivity index is 0.000000148. The zero-order valence-corrected chi connectivity index (χ0v) is 57.0. The summed E-state index contributed by atoms with van der Waals surface area (Å²) in [6.07, 6.45) is 4.63. The van der Waals surface area contributed by atoms with Crippen LogP contribution >= 0.6 is 34.0 Å². The second kappa shape index (κ2) is 29.0. The van der Waals surface area contributed by atoms with Crippen LogP contribution in [0.25, 0.3) is 0 Å². The highest BCUT2D eigenvalue weighted by Gasteiger charge is 2.33. The van der Waals surface area contributed by atoms with E-state index in [1.165, 1.54) is 89.2 Å². The Bertz CT molecular complexity index is 4750. The molecule has 3 aliphatic heterocycles. The number of thiazole rings is 3. The number of esters is 2. The van der Waals surface area contributed by atoms with Crippen LogP contribution in [0, 0.1) is 0 Å². The molecule has 3 aromatic heterocycles. The summed E-state index contributed by atoms with van der Waals surface area (Å²) in [5.41, 5.74) is 5.64. The maximum Gasteiger partial charge on any atom is 0.339 e. The lowest BCUT2D eigenvalue weighted by Gasteiger charge is -2.35. The molecule has 24 nitrogen and oxygen atoms in total. The summed E-state index contributed by atoms with van der Waals surface area (Å²) in [4.78, 5) is 42.8. The molecule has 0 radical (unpaired) electrons. The number of nitrogens with zero attached hydrogens (tertiary/aromatic N) is 7. The second-order valence-corrected chi connectivity index (χ2v) is 29.4. The van der Waals surface area contributed by atoms with Crippen molar-refractivity contribution in [2.45, 2.75) is 40.7 Å². The van der Waals surface area contributed by atoms with Gasteiger partial charge in [-0.2, -0.15) is 0 Å². The Labute approximate surface area is 566 Å². The molecular formula is C66H63N9O15S6. The van der Waals surface area contributed by atoms with E-state index in [0.29, 0.717) is 107 Å². The number of rotatable bonds is 18. The van der Waals surface area contributed by atoms with E-state index in [0.717, 1.165) is 22.5 Å². The van der Waals surface area contributed by atoms with E-state index in [2.05, 4.69) is 24.4 Å². The minimum absolute atomic E-state index is 0.0644. The van der Waals surface area contributed by atoms with E-state index < -0.39 is 47.6 Å². The molecule has 0 bridgehead atoms. The largest absolute Gasteiger partial charge is 0.497 e. The van der Waals surface area contributed by atoms with Crippen LogP contribution in [0.2, 0.25) is 0 Å². The second-order valence-electron chi connectivity index (χ2n) is 21.5. The zero-order chi connectivity index (χ0) is 67.8. The molecule has 7 aromatic carbocycles. The van der Waals surface area contributed by atoms with Gasteiger partial charge < -0.3 is 48.2 Å². The quantitative estimate of drug-likeness (QED) is 0.0673. The molecule has 6 heterocycles. The highest BCUT2D eigenvalue weighted by molar-refractivity contribution is 7.93. The third-order valence-electron chi connectivity index (χ3n) is 15.1. The van der Waals surface area contributed by atoms with Gasteiger partial charge >= 0.3 is 11.9 Å². The number of hydrogen-bond acceptors (Lipinski definition) is 24. The van der Waals surface area contributed by atoms with E-state index in [9.17, 15) is 39.9 Å². The number of hydrogen-bond donors (Lipinski definition) is 3. The van der Waals surface area contributed by atoms with Gasteiger partial charge in [-0.3, -0.25) is 9.44 Å². The van der Waals surface area contributed by atoms with E-state index >= 15 is 0 Å². The van der Waals surface area contributed by atoms with Crippen LogP contribution in [0.3, 0.4) is 0 Å². The first-order chi connectivity index (χ1) is 46.2. The normalized spacial score (nSPS) is 13.4. The van der Waals surface area contributed by atoms with Crippen LogP contribution in [0.4, 0.5) is 49.5 Å². The summed E-state index contributed by atoms with van der Waals surface area (Å²) >= 11 is 3.64. The fourth-order valence-corrected chi connectivity index (χ4v) is 16.5. The first-order valence-electron chi connectivity index (χ1n) is 29.4. The maximum atomic E-state index is 13.9. The van der Waals surface area contributed by atoms with Gasteiger partial charge in [-0.1, -0.05) is 54.6 Å². The molecule has 0 spiro atoms. The van der Waals surface area contributed by atoms with Gasteiger partial charge in [0, 0.05) is 64.2 Å². The van der Waals surface area contributed by atoms with Gasteiger partial charge in [-0.15, -0.1) is 34.0 Å². The first-order valence-corrected chi connectivity index (χ1v) is 36.4. The van der Waals surface area contributed by atoms with Crippen molar-refractivity contribution in [3.8, 4) is 23.0 Å². The number of methoxy groups -OCH3 is 3. The lowest BCUT2D eigenvalue weighted by Crippen LogP contribution is -2.32. The minimum Gasteiger partial charge on any atom is -0.497 e. The van der Waals surface area contributed by atoms with Gasteiger partial charge in [0.2, 0.25) is 0 Å². The van der Waals surface area contributed by atoms with Crippen LogP contribution in [-0.2, 0) is 51.7 Å². The number of sulfonamides is 3. The molecule has 0 amide bonds. The monoisotopic (exact) mass is 1410 g/mol. The predicted octanol–water partition coefficient (Wildman–Crippen LogP) is 11.8. The molecule has 0 unspecified atom stereocenters. The van der Waals surface area contributed by atoms with E-state index in [1.54, 1.807) is 110 Å². The zero-order valence-electron chi connectivity index (χ0n) is 52.1. The summed E-state index contributed by atoms with van der Waals surface area (Å²) in [6.45, 7) is 6.21. The van der Waals surface area contributed by atoms with Gasteiger partial charge in [0.1, 0.15) is 42.8 Å². The lowest BCUT2D eigenvalue weighted by molar-refractivity contribution is 0.0592. The van der Waals surface area contributed by atoms with E-state index in [1.807, 2.05) is 75.4 Å². The number of para-hydroxylation sites is 3. The van der Waals surface area contributed by atoms with Crippen LogP contribution in [0.15, 0.2) is 201 Å². The standard InChI is InChI=1S/C27H25N3O6S2.C20H21N3O4S2.C19H17N3O5S2/c1-34-20-9-7-19(8-10-20)18-30(27-28-13-16-37-27)38(32,33)21-11-12-24-25(17-21)36-15-14-29(24)23-6-4-3-5-22(23)26(31)35-2;1-20(2,24)15-5-3-4-6-16(15)23-10-11-27-18-13-14(7-8-17(18)23)29(25,26)22-19-21-9-12-28-19;1-26-18(23)14-4-2-3-5-15(14)22-9-10-27-17-12-13(6-7-16(17)22)29(24,25)21-19-20-8-11-28-19/h3-13,16-17H,14-15,18H2,1-2H3;3-9,12-13,24H,10-11H2,1-2H3,(H,21,22);2-8,11-12H,9-10H2,1H3,(H,20,21). The van der Waals surface area contributed by atoms with Gasteiger partial charge in [0.15, 0.2) is 15.4 Å². The number of benzene rings is 7. The van der Waals surface area contributed by atoms with Crippen molar-refractivity contribution in [1.82, 2.24) is 15.0 Å². The molecule has 3 aliphatic rings. The first kappa shape index (κ1) is 67.6. The molecule has 0 fully saturated rings. The Morgan fingerprint density at radius 2 is 0.948 bits per heavy atom. The number of carbonyl (C=O) groups is 2. The summed E-state index contributed by atoms with van der Waals surface area (Å²) in [7, 11) is -7.32. The Morgan fingerprint density at radius 1 is 0.531 bits per heavy atom. The molecule has 0 atom stereocenters. The van der Waals surface area contributed by atoms with Gasteiger partial charge in [-0.25, -0.2) is 54.1 Å². The van der Waals surface area contributed by atoms with Crippen molar-refractivity contribution in [3.05, 3.63) is 209 Å². The van der Waals surface area contributed by atoms with Crippen molar-refractivity contribution in [1.29, 1.82) is 0 Å². The molecule has 0 aliphatic carbocycles. The molecule has 0 saturated carbocycles. The molecule has 30 heteroatoms. The maximum absolute atomic E-state index is 13.9. The average molecular weight is 1410 g/mol. The third kappa shape index (κ3) is 15.0. The third-order valence-corrected chi connectivity index (χ3v) is 22.0. The minimum atomic E-state index is -4.00. The summed E-state index contributed by atoms with van der Waals surface area (Å²) < 4.78 is 117. The smallest absolute Gasteiger partial charge is 0.339 e. The SMILES string of the molecule is CC(C)(O)c1ccccc1N1CCOc2cc(S(=O)(=O)Nc3nccs3)ccc21.COC(=O)c1ccccc1N1CCOc2cc(S(=O)(=O)N(Cc3ccc(OC)cc3)c3nccs3)ccc21.COC(=O)c1ccccc1N1CCOc2cc(S(=O)(=O)Nc3nccs3)ccc21. The molecular weight excluding hydrogens is 1350 g/mol. The fraction of sp³-hybridized carbons (Fsp3) is 0.197. The summed E-state index contributed by atoms with van der Waals surface area (Å²) in [5, 5.41) is 16.6. The number of anilines is 9. The summed E-state index contributed by atoms with van der Waals surface area (Å²) in [6, 6.07) is 43.2. The van der Waals surface area contributed by atoms with E-state index in [-0.39, 0.29) is 26.4 Å². The Hall–Kier alpha value is -9.82. The molecule has 0 saturated heterocycles. The van der Waals surface area contributed by atoms with E-state index in [4.69, 9.17) is 28.4 Å². The van der Waals surface area contributed by atoms with Crippen molar-refractivity contribution in [3.63, 3.8) is 0 Å². The van der Waals surface area contributed by atoms with Crippen molar-refractivity contribution in [2.24, 2.45) is 0 Å².